The number of carbonyl (C=O) groups is 2. The van der Waals surface area contributed by atoms with Crippen LogP contribution in [0.4, 0.5) is 10.6 Å². The summed E-state index contributed by atoms with van der Waals surface area (Å²) in [4.78, 5) is 23.3. The van der Waals surface area contributed by atoms with Gasteiger partial charge in [0.2, 0.25) is 0 Å². The summed E-state index contributed by atoms with van der Waals surface area (Å²) in [5.74, 6) is -0.0751. The largest absolute Gasteiger partial charge is 0.444 e. The van der Waals surface area contributed by atoms with E-state index in [1.165, 1.54) is 31.2 Å². The van der Waals surface area contributed by atoms with Crippen molar-refractivity contribution < 1.29 is 27.3 Å². The molecule has 0 radical (unpaired) electrons. The number of nitrogens with one attached hydrogen (secondary N) is 2. The zero-order valence-electron chi connectivity index (χ0n) is 21.7. The molecule has 200 valence electrons. The number of sulfonamides is 1. The number of fused-ring (bicyclic) bond motifs is 1. The summed E-state index contributed by atoms with van der Waals surface area (Å²) in [5, 5.41) is 11.5. The quantitative estimate of drug-likeness (QED) is 0.313. The van der Waals surface area contributed by atoms with Crippen LogP contribution in [0.1, 0.15) is 54.7 Å². The Labute approximate surface area is 220 Å². The van der Waals surface area contributed by atoms with Gasteiger partial charge in [0.1, 0.15) is 5.60 Å². The highest BCUT2D eigenvalue weighted by Gasteiger charge is 2.21. The summed E-state index contributed by atoms with van der Waals surface area (Å²) in [6.07, 6.45) is 2.97. The number of Topliss-reactive ketones (excluding diaryl/α,β-unsaturated/α-hetero) is 1. The summed E-state index contributed by atoms with van der Waals surface area (Å²) in [7, 11) is -3.95. The fraction of sp³-hybridized carbons (Fsp3) is 0.308. The standard InChI is InChI=1S/C26H29N5O6S/c1-16-10-18(14-31-15-19(13-28-31)12-27-25(33)36-26(3,4)5)11-22-23(16)24(29-37-22)30-38(34,35)21-8-6-20(7-9-21)17(2)32/h6-11,13,15H,12,14H2,1-5H3,(H,27,33)(H,29,30). The number of carbonyl (C=O) groups excluding carboxylic acids is 2. The average Bonchev–Trinajstić information content (AvgIpc) is 3.43. The Balaban J connectivity index is 1.46. The molecule has 0 aliphatic heterocycles. The number of rotatable bonds is 8. The van der Waals surface area contributed by atoms with E-state index >= 15 is 0 Å². The first-order valence-electron chi connectivity index (χ1n) is 11.8. The molecule has 0 aliphatic rings. The first-order chi connectivity index (χ1) is 17.8. The van der Waals surface area contributed by atoms with Crippen LogP contribution in [0, 0.1) is 6.92 Å². The molecule has 0 fully saturated rings. The van der Waals surface area contributed by atoms with Crippen molar-refractivity contribution in [2.24, 2.45) is 0 Å². The van der Waals surface area contributed by atoms with E-state index in [4.69, 9.17) is 9.26 Å². The molecular formula is C26H29N5O6S. The summed E-state index contributed by atoms with van der Waals surface area (Å²) in [5.41, 5.74) is 2.71. The molecule has 12 heteroatoms. The number of amides is 1. The number of nitrogens with zero attached hydrogens (tertiary/aromatic N) is 3. The zero-order valence-corrected chi connectivity index (χ0v) is 22.5. The van der Waals surface area contributed by atoms with Gasteiger partial charge in [0, 0.05) is 23.9 Å². The Kier molecular flexibility index (Phi) is 7.27. The molecule has 4 aromatic rings. The average molecular weight is 540 g/mol. The minimum Gasteiger partial charge on any atom is -0.444 e. The third-order valence-corrected chi connectivity index (χ3v) is 6.86. The van der Waals surface area contributed by atoms with E-state index in [0.717, 1.165) is 16.7 Å². The molecule has 1 amide bonds. The monoisotopic (exact) mass is 539 g/mol. The van der Waals surface area contributed by atoms with Gasteiger partial charge in [-0.1, -0.05) is 23.4 Å². The minimum atomic E-state index is -3.95. The van der Waals surface area contributed by atoms with Gasteiger partial charge < -0.3 is 14.6 Å². The summed E-state index contributed by atoms with van der Waals surface area (Å²) in [6, 6.07) is 9.34. The predicted octanol–water partition coefficient (Wildman–Crippen LogP) is 4.41. The highest BCUT2D eigenvalue weighted by Crippen LogP contribution is 2.30. The van der Waals surface area contributed by atoms with Gasteiger partial charge in [-0.3, -0.25) is 14.2 Å². The molecule has 0 atom stereocenters. The third kappa shape index (κ3) is 6.38. The molecule has 0 bridgehead atoms. The van der Waals surface area contributed by atoms with Gasteiger partial charge in [0.25, 0.3) is 10.0 Å². The van der Waals surface area contributed by atoms with E-state index in [1.807, 2.05) is 19.2 Å². The number of hydrogen-bond donors (Lipinski definition) is 2. The van der Waals surface area contributed by atoms with Crippen molar-refractivity contribution in [2.45, 2.75) is 58.2 Å². The second-order valence-corrected chi connectivity index (χ2v) is 11.6. The minimum absolute atomic E-state index is 0.00330. The van der Waals surface area contributed by atoms with Crippen LogP contribution in [-0.4, -0.2) is 40.8 Å². The lowest BCUT2D eigenvalue weighted by Crippen LogP contribution is -2.32. The second-order valence-electron chi connectivity index (χ2n) is 9.90. The van der Waals surface area contributed by atoms with Crippen LogP contribution >= 0.6 is 0 Å². The van der Waals surface area contributed by atoms with Crippen molar-refractivity contribution >= 4 is 38.7 Å². The molecule has 2 aromatic heterocycles. The molecule has 38 heavy (non-hydrogen) atoms. The van der Waals surface area contributed by atoms with E-state index < -0.39 is 21.7 Å². The Bertz CT molecular complexity index is 1600. The SMILES string of the molecule is CC(=O)c1ccc(S(=O)(=O)Nc2noc3cc(Cn4cc(CNC(=O)OC(C)(C)C)cn4)cc(C)c23)cc1. The van der Waals surface area contributed by atoms with Crippen LogP contribution in [0.25, 0.3) is 11.0 Å². The van der Waals surface area contributed by atoms with Gasteiger partial charge in [-0.25, -0.2) is 13.2 Å². The number of hydrogen-bond acceptors (Lipinski definition) is 8. The molecule has 0 saturated heterocycles. The Hall–Kier alpha value is -4.19. The normalized spacial score (nSPS) is 11.9. The number of aryl methyl sites for hydroxylation is 1. The number of alkyl carbamates (subject to hydrolysis) is 1. The van der Waals surface area contributed by atoms with E-state index in [1.54, 1.807) is 37.7 Å². The summed E-state index contributed by atoms with van der Waals surface area (Å²) < 4.78 is 40.6. The number of ketones is 1. The molecule has 0 unspecified atom stereocenters. The molecule has 4 rings (SSSR count). The number of benzene rings is 2. The molecule has 0 spiro atoms. The van der Waals surface area contributed by atoms with Gasteiger partial charge in [-0.2, -0.15) is 5.10 Å². The fourth-order valence-electron chi connectivity index (χ4n) is 3.82. The molecule has 11 nitrogen and oxygen atoms in total. The second kappa shape index (κ2) is 10.3. The lowest BCUT2D eigenvalue weighted by molar-refractivity contribution is 0.0523. The maximum atomic E-state index is 12.9. The van der Waals surface area contributed by atoms with Crippen molar-refractivity contribution in [3.05, 3.63) is 71.0 Å². The van der Waals surface area contributed by atoms with Crippen molar-refractivity contribution in [1.29, 1.82) is 0 Å². The molecule has 0 saturated carbocycles. The highest BCUT2D eigenvalue weighted by atomic mass is 32.2. The summed E-state index contributed by atoms with van der Waals surface area (Å²) in [6.45, 7) is 9.34. The maximum Gasteiger partial charge on any atom is 0.407 e. The lowest BCUT2D eigenvalue weighted by atomic mass is 10.1. The Morgan fingerprint density at radius 2 is 1.82 bits per heavy atom. The number of anilines is 1. The van der Waals surface area contributed by atoms with E-state index in [-0.39, 0.29) is 23.0 Å². The smallest absolute Gasteiger partial charge is 0.407 e. The Morgan fingerprint density at radius 1 is 1.11 bits per heavy atom. The van der Waals surface area contributed by atoms with Gasteiger partial charge in [0.15, 0.2) is 17.2 Å². The number of ether oxygens (including phenoxy) is 1. The number of aromatic nitrogens is 3. The highest BCUT2D eigenvalue weighted by molar-refractivity contribution is 7.92. The Morgan fingerprint density at radius 3 is 2.47 bits per heavy atom. The van der Waals surface area contributed by atoms with Crippen LogP contribution in [0.5, 0.6) is 0 Å². The maximum absolute atomic E-state index is 12.9. The van der Waals surface area contributed by atoms with Crippen molar-refractivity contribution in [1.82, 2.24) is 20.3 Å². The first-order valence-corrected chi connectivity index (χ1v) is 13.3. The fourth-order valence-corrected chi connectivity index (χ4v) is 4.82. The molecule has 0 aliphatic carbocycles. The lowest BCUT2D eigenvalue weighted by Gasteiger charge is -2.19. The summed E-state index contributed by atoms with van der Waals surface area (Å²) >= 11 is 0. The first kappa shape index (κ1) is 26.9. The topological polar surface area (TPSA) is 145 Å². The predicted molar refractivity (Wildman–Crippen MR) is 140 cm³/mol. The van der Waals surface area contributed by atoms with Gasteiger partial charge in [-0.15, -0.1) is 0 Å². The van der Waals surface area contributed by atoms with Crippen LogP contribution in [0.15, 0.2) is 58.2 Å². The van der Waals surface area contributed by atoms with Crippen LogP contribution in [0.2, 0.25) is 0 Å². The van der Waals surface area contributed by atoms with Crippen molar-refractivity contribution in [2.75, 3.05) is 4.72 Å². The van der Waals surface area contributed by atoms with Crippen molar-refractivity contribution in [3.63, 3.8) is 0 Å². The van der Waals surface area contributed by atoms with Gasteiger partial charge >= 0.3 is 6.09 Å². The van der Waals surface area contributed by atoms with Crippen molar-refractivity contribution in [3.8, 4) is 0 Å². The molecule has 2 heterocycles. The van der Waals surface area contributed by atoms with Gasteiger partial charge in [0.05, 0.1) is 23.0 Å². The van der Waals surface area contributed by atoms with E-state index in [9.17, 15) is 18.0 Å². The molecular weight excluding hydrogens is 510 g/mol. The third-order valence-electron chi connectivity index (χ3n) is 5.50. The van der Waals surface area contributed by atoms with E-state index in [0.29, 0.717) is 23.1 Å². The molecule has 2 N–H and O–H groups in total. The van der Waals surface area contributed by atoms with Gasteiger partial charge in [-0.05, 0) is 63.9 Å². The van der Waals surface area contributed by atoms with Crippen LogP contribution < -0.4 is 10.0 Å². The van der Waals surface area contributed by atoms with Crippen LogP contribution in [0.3, 0.4) is 0 Å². The van der Waals surface area contributed by atoms with E-state index in [2.05, 4.69) is 20.3 Å². The van der Waals surface area contributed by atoms with Crippen LogP contribution in [-0.2, 0) is 27.8 Å². The molecule has 2 aromatic carbocycles. The zero-order chi connectivity index (χ0) is 27.7.